The molecule has 0 bridgehead atoms. The molecule has 4 rings (SSSR count). The quantitative estimate of drug-likeness (QED) is 0.722. The molecule has 0 amide bonds. The van der Waals surface area contributed by atoms with Crippen LogP contribution in [0, 0.1) is 0 Å². The number of rotatable bonds is 0. The molecule has 4 nitrogen and oxygen atoms in total. The molecule has 0 atom stereocenters. The zero-order valence-corrected chi connectivity index (χ0v) is 9.51. The van der Waals surface area contributed by atoms with Crippen molar-refractivity contribution in [2.75, 3.05) is 19.8 Å². The van der Waals surface area contributed by atoms with Crippen molar-refractivity contribution in [3.05, 3.63) is 23.4 Å². The average Bonchev–Trinajstić information content (AvgIpc) is 2.73. The molecule has 1 aromatic carbocycles. The van der Waals surface area contributed by atoms with E-state index in [1.807, 2.05) is 0 Å². The molecule has 0 saturated heterocycles. The second-order valence-corrected chi connectivity index (χ2v) is 4.55. The number of hydrogen-bond donors (Lipinski definition) is 2. The van der Waals surface area contributed by atoms with Gasteiger partial charge in [0.1, 0.15) is 13.2 Å². The first-order valence-electron chi connectivity index (χ1n) is 6.05. The van der Waals surface area contributed by atoms with E-state index in [0.717, 1.165) is 36.5 Å². The lowest BCUT2D eigenvalue weighted by Gasteiger charge is -2.18. The molecule has 0 saturated carbocycles. The Kier molecular flexibility index (Phi) is 1.87. The molecule has 0 unspecified atom stereocenters. The van der Waals surface area contributed by atoms with Crippen molar-refractivity contribution in [3.63, 3.8) is 0 Å². The summed E-state index contributed by atoms with van der Waals surface area (Å²) in [6.45, 7) is 3.27. The van der Waals surface area contributed by atoms with Crippen LogP contribution in [-0.2, 0) is 13.0 Å². The van der Waals surface area contributed by atoms with Crippen molar-refractivity contribution in [1.29, 1.82) is 0 Å². The fourth-order valence-electron chi connectivity index (χ4n) is 2.68. The van der Waals surface area contributed by atoms with Gasteiger partial charge in [0.25, 0.3) is 0 Å². The summed E-state index contributed by atoms with van der Waals surface area (Å²) in [6, 6.07) is 4.16. The number of benzene rings is 1. The largest absolute Gasteiger partial charge is 0.486 e. The number of fused-ring (bicyclic) bond motifs is 4. The fourth-order valence-corrected chi connectivity index (χ4v) is 2.68. The summed E-state index contributed by atoms with van der Waals surface area (Å²) < 4.78 is 11.2. The van der Waals surface area contributed by atoms with Crippen LogP contribution in [0.3, 0.4) is 0 Å². The summed E-state index contributed by atoms with van der Waals surface area (Å²) in [5.41, 5.74) is 3.88. The van der Waals surface area contributed by atoms with Crippen molar-refractivity contribution in [2.45, 2.75) is 13.0 Å². The van der Waals surface area contributed by atoms with Crippen LogP contribution in [-0.4, -0.2) is 24.7 Å². The Morgan fingerprint density at radius 3 is 2.76 bits per heavy atom. The maximum Gasteiger partial charge on any atom is 0.163 e. The van der Waals surface area contributed by atoms with Gasteiger partial charge in [-0.1, -0.05) is 0 Å². The molecule has 0 radical (unpaired) electrons. The SMILES string of the molecule is c1c2c(cc3c4c([nH]c13)CCNC4)OCCO2. The highest BCUT2D eigenvalue weighted by Crippen LogP contribution is 2.37. The van der Waals surface area contributed by atoms with Crippen molar-refractivity contribution in [1.82, 2.24) is 10.3 Å². The highest BCUT2D eigenvalue weighted by molar-refractivity contribution is 5.88. The number of ether oxygens (including phenoxy) is 2. The summed E-state index contributed by atoms with van der Waals surface area (Å²) in [5.74, 6) is 1.73. The number of hydrogen-bond acceptors (Lipinski definition) is 3. The number of aromatic amines is 1. The van der Waals surface area contributed by atoms with E-state index in [4.69, 9.17) is 9.47 Å². The van der Waals surface area contributed by atoms with Crippen molar-refractivity contribution < 1.29 is 9.47 Å². The normalized spacial score (nSPS) is 18.1. The van der Waals surface area contributed by atoms with Gasteiger partial charge in [-0.05, 0) is 11.6 Å². The molecule has 0 aliphatic carbocycles. The second kappa shape index (κ2) is 3.40. The number of aromatic nitrogens is 1. The highest BCUT2D eigenvalue weighted by Gasteiger charge is 2.19. The smallest absolute Gasteiger partial charge is 0.163 e. The van der Waals surface area contributed by atoms with Crippen molar-refractivity contribution in [2.24, 2.45) is 0 Å². The third kappa shape index (κ3) is 1.34. The van der Waals surface area contributed by atoms with Gasteiger partial charge < -0.3 is 19.8 Å². The van der Waals surface area contributed by atoms with Crippen LogP contribution in [0.5, 0.6) is 11.5 Å². The molecule has 2 aliphatic rings. The minimum Gasteiger partial charge on any atom is -0.486 e. The molecule has 2 N–H and O–H groups in total. The van der Waals surface area contributed by atoms with Gasteiger partial charge in [0.2, 0.25) is 0 Å². The van der Waals surface area contributed by atoms with E-state index in [1.54, 1.807) is 0 Å². The first-order valence-corrected chi connectivity index (χ1v) is 6.05. The lowest BCUT2D eigenvalue weighted by Crippen LogP contribution is -2.22. The predicted octanol–water partition coefficient (Wildman–Crippen LogP) is 1.58. The van der Waals surface area contributed by atoms with Gasteiger partial charge in [-0.15, -0.1) is 0 Å². The van der Waals surface area contributed by atoms with E-state index in [2.05, 4.69) is 22.4 Å². The zero-order chi connectivity index (χ0) is 11.2. The van der Waals surface area contributed by atoms with Crippen LogP contribution in [0.4, 0.5) is 0 Å². The lowest BCUT2D eigenvalue weighted by molar-refractivity contribution is 0.172. The van der Waals surface area contributed by atoms with Crippen molar-refractivity contribution in [3.8, 4) is 11.5 Å². The first kappa shape index (κ1) is 9.36. The van der Waals surface area contributed by atoms with Crippen LogP contribution >= 0.6 is 0 Å². The standard InChI is InChI=1S/C13H14N2O2/c1-2-14-7-9-8-5-12-13(17-4-3-16-12)6-11(8)15-10(1)9/h5-6,14-15H,1-4,7H2. The van der Waals surface area contributed by atoms with E-state index >= 15 is 0 Å². The molecule has 2 aliphatic heterocycles. The minimum absolute atomic E-state index is 0.639. The number of H-pyrrole nitrogens is 1. The second-order valence-electron chi connectivity index (χ2n) is 4.55. The van der Waals surface area contributed by atoms with Gasteiger partial charge in [0, 0.05) is 42.2 Å². The van der Waals surface area contributed by atoms with Crippen LogP contribution in [0.25, 0.3) is 10.9 Å². The monoisotopic (exact) mass is 230 g/mol. The molecule has 1 aromatic heterocycles. The third-order valence-electron chi connectivity index (χ3n) is 3.51. The summed E-state index contributed by atoms with van der Waals surface area (Å²) in [5, 5.41) is 4.67. The maximum atomic E-state index is 5.63. The summed E-state index contributed by atoms with van der Waals surface area (Å²) >= 11 is 0. The molecular formula is C13H14N2O2. The molecule has 0 spiro atoms. The topological polar surface area (TPSA) is 46.3 Å². The Balaban J connectivity index is 1.97. The van der Waals surface area contributed by atoms with Crippen LogP contribution in [0.15, 0.2) is 12.1 Å². The van der Waals surface area contributed by atoms with Gasteiger partial charge in [0.15, 0.2) is 11.5 Å². The van der Waals surface area contributed by atoms with Gasteiger partial charge in [0.05, 0.1) is 0 Å². The van der Waals surface area contributed by atoms with E-state index < -0.39 is 0 Å². The molecule has 4 heteroatoms. The Labute approximate surface area is 98.9 Å². The van der Waals surface area contributed by atoms with Gasteiger partial charge in [-0.25, -0.2) is 0 Å². The number of nitrogens with one attached hydrogen (secondary N) is 2. The van der Waals surface area contributed by atoms with E-state index in [9.17, 15) is 0 Å². The van der Waals surface area contributed by atoms with E-state index in [-0.39, 0.29) is 0 Å². The van der Waals surface area contributed by atoms with E-state index in [0.29, 0.717) is 13.2 Å². The Morgan fingerprint density at radius 2 is 1.88 bits per heavy atom. The van der Waals surface area contributed by atoms with Crippen molar-refractivity contribution >= 4 is 10.9 Å². The summed E-state index contributed by atoms with van der Waals surface area (Å²) in [4.78, 5) is 3.49. The zero-order valence-electron chi connectivity index (χ0n) is 9.51. The molecule has 88 valence electrons. The van der Waals surface area contributed by atoms with Gasteiger partial charge >= 0.3 is 0 Å². The Morgan fingerprint density at radius 1 is 1.06 bits per heavy atom. The molecule has 3 heterocycles. The molecule has 0 fully saturated rings. The van der Waals surface area contributed by atoms with Crippen LogP contribution in [0.2, 0.25) is 0 Å². The summed E-state index contributed by atoms with van der Waals surface area (Å²) in [7, 11) is 0. The highest BCUT2D eigenvalue weighted by atomic mass is 16.6. The average molecular weight is 230 g/mol. The lowest BCUT2D eigenvalue weighted by atomic mass is 10.1. The maximum absolute atomic E-state index is 5.63. The third-order valence-corrected chi connectivity index (χ3v) is 3.51. The minimum atomic E-state index is 0.639. The van der Waals surface area contributed by atoms with Crippen LogP contribution < -0.4 is 14.8 Å². The molecule has 2 aromatic rings. The van der Waals surface area contributed by atoms with Gasteiger partial charge in [-0.2, -0.15) is 0 Å². The van der Waals surface area contributed by atoms with E-state index in [1.165, 1.54) is 16.6 Å². The summed E-state index contributed by atoms with van der Waals surface area (Å²) in [6.07, 6.45) is 1.07. The van der Waals surface area contributed by atoms with Gasteiger partial charge in [-0.3, -0.25) is 0 Å². The molecular weight excluding hydrogens is 216 g/mol. The predicted molar refractivity (Wildman–Crippen MR) is 64.7 cm³/mol. The first-order chi connectivity index (χ1) is 8.42. The fraction of sp³-hybridized carbons (Fsp3) is 0.385. The Bertz CT molecular complexity index is 587. The molecule has 17 heavy (non-hydrogen) atoms. The van der Waals surface area contributed by atoms with Crippen LogP contribution in [0.1, 0.15) is 11.3 Å². The Hall–Kier alpha value is -1.68.